The quantitative estimate of drug-likeness (QED) is 0.596. The van der Waals surface area contributed by atoms with Gasteiger partial charge in [-0.15, -0.1) is 0 Å². The lowest BCUT2D eigenvalue weighted by molar-refractivity contribution is 0.101. The fourth-order valence-corrected chi connectivity index (χ4v) is 5.54. The number of hydrogen-bond donors (Lipinski definition) is 2. The van der Waals surface area contributed by atoms with Gasteiger partial charge in [0, 0.05) is 38.0 Å². The van der Waals surface area contributed by atoms with E-state index in [0.717, 1.165) is 24.0 Å². The van der Waals surface area contributed by atoms with Gasteiger partial charge in [0.05, 0.1) is 12.2 Å². The largest absolute Gasteiger partial charge is 0.445 e. The maximum atomic E-state index is 11.9. The molecule has 2 aliphatic heterocycles. The van der Waals surface area contributed by atoms with Crippen LogP contribution >= 0.6 is 0 Å². The number of amides is 2. The summed E-state index contributed by atoms with van der Waals surface area (Å²) in [6, 6.07) is 19.3. The van der Waals surface area contributed by atoms with Crippen LogP contribution in [0.5, 0.6) is 0 Å². The maximum Gasteiger partial charge on any atom is 0.410 e. The van der Waals surface area contributed by atoms with Gasteiger partial charge in [-0.3, -0.25) is 0 Å². The smallest absolute Gasteiger partial charge is 0.410 e. The monoisotopic (exact) mass is 518 g/mol. The van der Waals surface area contributed by atoms with Gasteiger partial charge in [-0.05, 0) is 35.1 Å². The van der Waals surface area contributed by atoms with E-state index in [1.165, 1.54) is 11.1 Å². The first-order valence-corrected chi connectivity index (χ1v) is 13.1. The zero-order valence-electron chi connectivity index (χ0n) is 21.3. The minimum atomic E-state index is -0.331. The van der Waals surface area contributed by atoms with Crippen molar-refractivity contribution < 1.29 is 29.3 Å². The molecule has 0 unspecified atom stereocenters. The minimum absolute atomic E-state index is 0.270. The number of ether oxygens (including phenoxy) is 2. The van der Waals surface area contributed by atoms with Crippen molar-refractivity contribution in [1.82, 2.24) is 9.80 Å². The molecule has 4 aliphatic rings. The van der Waals surface area contributed by atoms with E-state index in [0.29, 0.717) is 51.2 Å². The summed E-state index contributed by atoms with van der Waals surface area (Å²) in [5, 5.41) is 19.0. The van der Waals surface area contributed by atoms with E-state index >= 15 is 0 Å². The fourth-order valence-electron chi connectivity index (χ4n) is 5.54. The third kappa shape index (κ3) is 6.44. The van der Waals surface area contributed by atoms with Crippen molar-refractivity contribution in [1.29, 1.82) is 0 Å². The van der Waals surface area contributed by atoms with Crippen molar-refractivity contribution in [2.45, 2.75) is 38.3 Å². The summed E-state index contributed by atoms with van der Waals surface area (Å²) in [7, 11) is 0. The first-order chi connectivity index (χ1) is 18.4. The number of rotatable bonds is 4. The summed E-state index contributed by atoms with van der Waals surface area (Å²) in [6.07, 6.45) is 4.01. The van der Waals surface area contributed by atoms with Gasteiger partial charge < -0.3 is 29.5 Å². The molecule has 0 radical (unpaired) electrons. The standard InChI is InChI=1S/2C15H17NO3/c2*17-14-6-12-8-16(9-13(12)7-14)15(18)19-10-11-4-2-1-3-5-11/h2*1-6,13-14,17H,7-10H2/t2*13-,14+/m10/s1. The Morgan fingerprint density at radius 1 is 0.684 bits per heavy atom. The summed E-state index contributed by atoms with van der Waals surface area (Å²) in [4.78, 5) is 27.3. The van der Waals surface area contributed by atoms with Crippen LogP contribution in [0.1, 0.15) is 24.0 Å². The van der Waals surface area contributed by atoms with Crippen LogP contribution in [0.4, 0.5) is 9.59 Å². The molecule has 2 aromatic rings. The zero-order chi connectivity index (χ0) is 26.5. The summed E-state index contributed by atoms with van der Waals surface area (Å²) in [5.41, 5.74) is 4.32. The van der Waals surface area contributed by atoms with Gasteiger partial charge in [0.1, 0.15) is 13.2 Å². The number of carbonyl (C=O) groups excluding carboxylic acids is 2. The van der Waals surface area contributed by atoms with Crippen molar-refractivity contribution >= 4 is 12.2 Å². The third-order valence-corrected chi connectivity index (χ3v) is 7.47. The van der Waals surface area contributed by atoms with Crippen molar-refractivity contribution in [3.8, 4) is 0 Å². The summed E-state index contributed by atoms with van der Waals surface area (Å²) >= 11 is 0. The lowest BCUT2D eigenvalue weighted by Gasteiger charge is -2.16. The Bertz CT molecular complexity index is 1090. The van der Waals surface area contributed by atoms with Gasteiger partial charge in [-0.2, -0.15) is 0 Å². The molecule has 2 aromatic carbocycles. The summed E-state index contributed by atoms with van der Waals surface area (Å²) in [5.74, 6) is 0.638. The molecule has 8 heteroatoms. The molecule has 4 atom stereocenters. The highest BCUT2D eigenvalue weighted by Gasteiger charge is 2.37. The van der Waals surface area contributed by atoms with E-state index in [4.69, 9.17) is 9.47 Å². The average molecular weight is 519 g/mol. The van der Waals surface area contributed by atoms with Crippen LogP contribution in [0.15, 0.2) is 84.0 Å². The molecular formula is C30H34N2O6. The predicted molar refractivity (Wildman–Crippen MR) is 141 cm³/mol. The van der Waals surface area contributed by atoms with Crippen LogP contribution in [0.2, 0.25) is 0 Å². The molecule has 38 heavy (non-hydrogen) atoms. The highest BCUT2D eigenvalue weighted by molar-refractivity contribution is 5.69. The Kier molecular flexibility index (Phi) is 8.10. The minimum Gasteiger partial charge on any atom is -0.445 e. The normalized spacial score (nSPS) is 25.1. The Hall–Kier alpha value is -3.62. The number of carbonyl (C=O) groups is 2. The molecule has 2 aliphatic carbocycles. The van der Waals surface area contributed by atoms with Gasteiger partial charge in [-0.1, -0.05) is 72.8 Å². The third-order valence-electron chi connectivity index (χ3n) is 7.47. The average Bonchev–Trinajstić information content (AvgIpc) is 3.67. The maximum absolute atomic E-state index is 11.9. The van der Waals surface area contributed by atoms with E-state index in [9.17, 15) is 19.8 Å². The van der Waals surface area contributed by atoms with Crippen LogP contribution in [-0.2, 0) is 22.7 Å². The Labute approximate surface area is 222 Å². The van der Waals surface area contributed by atoms with E-state index in [-0.39, 0.29) is 24.4 Å². The van der Waals surface area contributed by atoms with Crippen molar-refractivity contribution in [3.05, 3.63) is 95.1 Å². The van der Waals surface area contributed by atoms with Gasteiger partial charge in [0.25, 0.3) is 0 Å². The van der Waals surface area contributed by atoms with Gasteiger partial charge in [0.2, 0.25) is 0 Å². The molecule has 200 valence electrons. The van der Waals surface area contributed by atoms with Crippen molar-refractivity contribution in [2.75, 3.05) is 26.2 Å². The second-order valence-electron chi connectivity index (χ2n) is 10.3. The second-order valence-corrected chi connectivity index (χ2v) is 10.3. The Balaban J connectivity index is 0.000000155. The van der Waals surface area contributed by atoms with E-state index in [1.807, 2.05) is 72.8 Å². The molecule has 0 spiro atoms. The molecule has 2 fully saturated rings. The summed E-state index contributed by atoms with van der Waals surface area (Å²) in [6.45, 7) is 3.13. The van der Waals surface area contributed by atoms with E-state index in [1.54, 1.807) is 9.80 Å². The number of aliphatic hydroxyl groups is 2. The molecule has 0 saturated carbocycles. The molecule has 2 amide bonds. The topological polar surface area (TPSA) is 99.5 Å². The molecule has 2 N–H and O–H groups in total. The summed E-state index contributed by atoms with van der Waals surface area (Å²) < 4.78 is 10.6. The van der Waals surface area contributed by atoms with Gasteiger partial charge >= 0.3 is 12.2 Å². The number of fused-ring (bicyclic) bond motifs is 2. The highest BCUT2D eigenvalue weighted by atomic mass is 16.6. The number of hydrogen-bond acceptors (Lipinski definition) is 6. The molecule has 0 bridgehead atoms. The first-order valence-electron chi connectivity index (χ1n) is 13.1. The number of benzene rings is 2. The molecular weight excluding hydrogens is 484 g/mol. The lowest BCUT2D eigenvalue weighted by Crippen LogP contribution is -2.30. The second kappa shape index (κ2) is 11.8. The molecule has 0 aromatic heterocycles. The van der Waals surface area contributed by atoms with Crippen LogP contribution in [0.25, 0.3) is 0 Å². The molecule has 8 nitrogen and oxygen atoms in total. The Morgan fingerprint density at radius 2 is 1.08 bits per heavy atom. The number of aliphatic hydroxyl groups excluding tert-OH is 2. The van der Waals surface area contributed by atoms with Crippen molar-refractivity contribution in [3.63, 3.8) is 0 Å². The SMILES string of the molecule is O=C(OCc1ccccc1)N1CC2=C[C@@H](O)C[C@H]2C1.O=C(OCc1ccccc1)N1CC2=C[C@H](O)C[C@@H]2C1. The van der Waals surface area contributed by atoms with Crippen molar-refractivity contribution in [2.24, 2.45) is 11.8 Å². The molecule has 6 rings (SSSR count). The van der Waals surface area contributed by atoms with Crippen LogP contribution in [0.3, 0.4) is 0 Å². The lowest BCUT2D eigenvalue weighted by atomic mass is 10.1. The van der Waals surface area contributed by atoms with E-state index < -0.39 is 0 Å². The number of nitrogens with zero attached hydrogens (tertiary/aromatic N) is 2. The first kappa shape index (κ1) is 26.0. The van der Waals surface area contributed by atoms with Crippen LogP contribution < -0.4 is 0 Å². The zero-order valence-corrected chi connectivity index (χ0v) is 21.3. The molecule has 2 saturated heterocycles. The molecule has 2 heterocycles. The van der Waals surface area contributed by atoms with Gasteiger partial charge in [0.15, 0.2) is 0 Å². The Morgan fingerprint density at radius 3 is 1.45 bits per heavy atom. The van der Waals surface area contributed by atoms with E-state index in [2.05, 4.69) is 0 Å². The highest BCUT2D eigenvalue weighted by Crippen LogP contribution is 2.34. The number of likely N-dealkylation sites (tertiary alicyclic amines) is 2. The van der Waals surface area contributed by atoms with Crippen LogP contribution in [0, 0.1) is 11.8 Å². The fraction of sp³-hybridized carbons (Fsp3) is 0.400. The predicted octanol–water partition coefficient (Wildman–Crippen LogP) is 3.89. The van der Waals surface area contributed by atoms with Crippen LogP contribution in [-0.4, -0.2) is 70.6 Å². The van der Waals surface area contributed by atoms with Gasteiger partial charge in [-0.25, -0.2) is 9.59 Å².